The molecule has 1 heterocycles. The smallest absolute Gasteiger partial charge is 0.264 e. The lowest BCUT2D eigenvalue weighted by Crippen LogP contribution is -2.31. The first-order valence-electron chi connectivity index (χ1n) is 5.37. The van der Waals surface area contributed by atoms with E-state index in [2.05, 4.69) is 68.6 Å². The summed E-state index contributed by atoms with van der Waals surface area (Å²) < 4.78 is 3.26. The van der Waals surface area contributed by atoms with Crippen LogP contribution < -0.4 is 5.56 Å². The second-order valence-corrected chi connectivity index (χ2v) is 7.60. The summed E-state index contributed by atoms with van der Waals surface area (Å²) in [4.78, 5) is 12.0. The Kier molecular flexibility index (Phi) is 5.47. The summed E-state index contributed by atoms with van der Waals surface area (Å²) in [6.07, 6.45) is 1.84. The van der Waals surface area contributed by atoms with Gasteiger partial charge in [0.2, 0.25) is 0 Å². The van der Waals surface area contributed by atoms with Gasteiger partial charge < -0.3 is 4.57 Å². The zero-order valence-electron chi connectivity index (χ0n) is 10.1. The Morgan fingerprint density at radius 1 is 1.35 bits per heavy atom. The fourth-order valence-corrected chi connectivity index (χ4v) is 3.93. The lowest BCUT2D eigenvalue weighted by atomic mass is 9.82. The van der Waals surface area contributed by atoms with Crippen molar-refractivity contribution in [1.29, 1.82) is 0 Å². The molecule has 17 heavy (non-hydrogen) atoms. The second-order valence-electron chi connectivity index (χ2n) is 5.18. The Morgan fingerprint density at radius 2 is 1.94 bits per heavy atom. The Labute approximate surface area is 127 Å². The van der Waals surface area contributed by atoms with Gasteiger partial charge in [0, 0.05) is 22.5 Å². The molecule has 96 valence electrons. The van der Waals surface area contributed by atoms with Crippen molar-refractivity contribution in [2.24, 2.45) is 11.3 Å². The third-order valence-electron chi connectivity index (χ3n) is 2.84. The lowest BCUT2D eigenvalue weighted by Gasteiger charge is -2.29. The minimum Gasteiger partial charge on any atom is -0.313 e. The molecule has 0 aliphatic rings. The summed E-state index contributed by atoms with van der Waals surface area (Å²) in [6, 6.07) is 1.78. The third-order valence-corrected chi connectivity index (χ3v) is 4.62. The molecule has 0 radical (unpaired) electrons. The van der Waals surface area contributed by atoms with E-state index >= 15 is 0 Å². The minimum atomic E-state index is 0.0170. The van der Waals surface area contributed by atoms with Crippen LogP contribution in [0.2, 0.25) is 0 Å². The largest absolute Gasteiger partial charge is 0.313 e. The van der Waals surface area contributed by atoms with E-state index in [0.29, 0.717) is 16.9 Å². The van der Waals surface area contributed by atoms with E-state index in [9.17, 15) is 4.79 Å². The molecule has 0 saturated heterocycles. The van der Waals surface area contributed by atoms with E-state index in [1.807, 2.05) is 6.20 Å². The fourth-order valence-electron chi connectivity index (χ4n) is 1.49. The van der Waals surface area contributed by atoms with Crippen LogP contribution in [0.1, 0.15) is 20.8 Å². The monoisotopic (exact) mass is 427 g/mol. The number of aromatic nitrogens is 1. The third kappa shape index (κ3) is 4.21. The molecule has 2 nitrogen and oxygen atoms in total. The van der Waals surface area contributed by atoms with Gasteiger partial charge in [0.1, 0.15) is 0 Å². The zero-order chi connectivity index (χ0) is 13.2. The first kappa shape index (κ1) is 15.4. The molecule has 1 unspecified atom stereocenters. The second kappa shape index (κ2) is 6.02. The molecule has 0 aliphatic carbocycles. The fraction of sp³-hybridized carbons (Fsp3) is 0.583. The maximum Gasteiger partial charge on any atom is 0.264 e. The van der Waals surface area contributed by atoms with Gasteiger partial charge >= 0.3 is 0 Å². The van der Waals surface area contributed by atoms with Crippen molar-refractivity contribution >= 4 is 47.8 Å². The highest BCUT2D eigenvalue weighted by Gasteiger charge is 2.24. The van der Waals surface area contributed by atoms with Gasteiger partial charge in [-0.25, -0.2) is 0 Å². The number of pyridine rings is 1. The average molecular weight is 430 g/mol. The predicted molar refractivity (Wildman–Crippen MR) is 82.8 cm³/mol. The molecule has 0 bridgehead atoms. The summed E-state index contributed by atoms with van der Waals surface area (Å²) in [7, 11) is 0. The number of alkyl halides is 1. The van der Waals surface area contributed by atoms with Crippen molar-refractivity contribution in [2.45, 2.75) is 27.3 Å². The van der Waals surface area contributed by atoms with Crippen LogP contribution in [0.15, 0.2) is 26.0 Å². The van der Waals surface area contributed by atoms with Crippen molar-refractivity contribution < 1.29 is 0 Å². The lowest BCUT2D eigenvalue weighted by molar-refractivity contribution is 0.237. The van der Waals surface area contributed by atoms with Crippen molar-refractivity contribution in [3.63, 3.8) is 0 Å². The van der Waals surface area contributed by atoms with Crippen molar-refractivity contribution in [2.75, 3.05) is 5.33 Å². The number of halogens is 3. The van der Waals surface area contributed by atoms with Gasteiger partial charge in [-0.3, -0.25) is 4.79 Å². The van der Waals surface area contributed by atoms with Crippen LogP contribution in [-0.2, 0) is 6.54 Å². The van der Waals surface area contributed by atoms with Crippen LogP contribution in [0.4, 0.5) is 0 Å². The molecule has 1 atom stereocenters. The highest BCUT2D eigenvalue weighted by Crippen LogP contribution is 2.29. The summed E-state index contributed by atoms with van der Waals surface area (Å²) in [5.74, 6) is 0.404. The summed E-state index contributed by atoms with van der Waals surface area (Å²) in [6.45, 7) is 7.29. The van der Waals surface area contributed by atoms with Crippen LogP contribution in [0.3, 0.4) is 0 Å². The molecule has 1 rings (SSSR count). The molecule has 0 saturated carbocycles. The summed E-state index contributed by atoms with van der Waals surface area (Å²) >= 11 is 10.2. The highest BCUT2D eigenvalue weighted by molar-refractivity contribution is 9.11. The number of rotatable bonds is 3. The number of nitrogens with zero attached hydrogens (tertiary/aromatic N) is 1. The molecule has 5 heteroatoms. The molecule has 0 amide bonds. The van der Waals surface area contributed by atoms with Gasteiger partial charge in [-0.2, -0.15) is 0 Å². The summed E-state index contributed by atoms with van der Waals surface area (Å²) in [5.41, 5.74) is 0.181. The quantitative estimate of drug-likeness (QED) is 0.651. The Morgan fingerprint density at radius 3 is 2.41 bits per heavy atom. The highest BCUT2D eigenvalue weighted by atomic mass is 79.9. The average Bonchev–Trinajstić information content (AvgIpc) is 2.19. The van der Waals surface area contributed by atoms with E-state index in [1.165, 1.54) is 0 Å². The minimum absolute atomic E-state index is 0.0170. The molecule has 0 aromatic carbocycles. The van der Waals surface area contributed by atoms with E-state index in [4.69, 9.17) is 0 Å². The topological polar surface area (TPSA) is 22.0 Å². The van der Waals surface area contributed by atoms with E-state index in [0.717, 1.165) is 9.80 Å². The molecule has 0 aliphatic heterocycles. The van der Waals surface area contributed by atoms with Crippen molar-refractivity contribution in [3.05, 3.63) is 31.6 Å². The maximum atomic E-state index is 12.0. The first-order valence-corrected chi connectivity index (χ1v) is 8.08. The molecule has 1 aromatic heterocycles. The van der Waals surface area contributed by atoms with Crippen molar-refractivity contribution in [1.82, 2.24) is 4.57 Å². The SMILES string of the molecule is CC(C)(C)C(CBr)Cn1cc(Br)cc(Br)c1=O. The van der Waals surface area contributed by atoms with Gasteiger partial charge in [-0.1, -0.05) is 36.7 Å². The van der Waals surface area contributed by atoms with Crippen molar-refractivity contribution in [3.8, 4) is 0 Å². The van der Waals surface area contributed by atoms with E-state index in [1.54, 1.807) is 10.6 Å². The molecule has 0 fully saturated rings. The van der Waals surface area contributed by atoms with Gasteiger partial charge in [-0.05, 0) is 49.3 Å². The Hall–Kier alpha value is 0.390. The van der Waals surface area contributed by atoms with Crippen LogP contribution in [0.25, 0.3) is 0 Å². The number of hydrogen-bond donors (Lipinski definition) is 0. The van der Waals surface area contributed by atoms with Crippen LogP contribution in [-0.4, -0.2) is 9.90 Å². The molecule has 0 spiro atoms. The molecule has 1 aromatic rings. The Bertz CT molecular complexity index is 448. The Balaban J connectivity index is 3.06. The van der Waals surface area contributed by atoms with Gasteiger partial charge in [-0.15, -0.1) is 0 Å². The maximum absolute atomic E-state index is 12.0. The van der Waals surface area contributed by atoms with Gasteiger partial charge in [0.25, 0.3) is 5.56 Å². The van der Waals surface area contributed by atoms with Crippen LogP contribution in [0.5, 0.6) is 0 Å². The standard InChI is InChI=1S/C12H16Br3NO/c1-12(2,3)8(5-13)6-16-7-9(14)4-10(15)11(16)17/h4,7-8H,5-6H2,1-3H3. The van der Waals surface area contributed by atoms with E-state index < -0.39 is 0 Å². The summed E-state index contributed by atoms with van der Waals surface area (Å²) in [5, 5.41) is 0.882. The normalized spacial score (nSPS) is 13.8. The molecular weight excluding hydrogens is 414 g/mol. The van der Waals surface area contributed by atoms with Crippen LogP contribution in [0, 0.1) is 11.3 Å². The van der Waals surface area contributed by atoms with E-state index in [-0.39, 0.29) is 11.0 Å². The van der Waals surface area contributed by atoms with Gasteiger partial charge in [0.15, 0.2) is 0 Å². The predicted octanol–water partition coefficient (Wildman–Crippen LogP) is 4.43. The van der Waals surface area contributed by atoms with Gasteiger partial charge in [0.05, 0.1) is 4.47 Å². The molecular formula is C12H16Br3NO. The molecule has 0 N–H and O–H groups in total. The first-order chi connectivity index (χ1) is 7.75. The number of hydrogen-bond acceptors (Lipinski definition) is 1. The zero-order valence-corrected chi connectivity index (χ0v) is 14.9. The van der Waals surface area contributed by atoms with Crippen LogP contribution >= 0.6 is 47.8 Å².